The molecule has 0 bridgehead atoms. The Morgan fingerprint density at radius 2 is 2.28 bits per heavy atom. The number of rotatable bonds is 8. The quantitative estimate of drug-likeness (QED) is 0.635. The summed E-state index contributed by atoms with van der Waals surface area (Å²) >= 11 is 0. The van der Waals surface area contributed by atoms with Gasteiger partial charge in [-0.3, -0.25) is 9.69 Å². The first kappa shape index (κ1) is 15.4. The molecule has 0 aromatic rings. The molecule has 5 nitrogen and oxygen atoms in total. The molecular formula is C13H25NO4. The van der Waals surface area contributed by atoms with E-state index in [2.05, 4.69) is 6.92 Å². The number of carbonyl (C=O) groups is 1. The van der Waals surface area contributed by atoms with Crippen molar-refractivity contribution in [2.45, 2.75) is 45.3 Å². The van der Waals surface area contributed by atoms with Crippen molar-refractivity contribution >= 4 is 5.97 Å². The molecule has 0 aliphatic carbocycles. The van der Waals surface area contributed by atoms with Crippen molar-refractivity contribution in [3.8, 4) is 0 Å². The van der Waals surface area contributed by atoms with Gasteiger partial charge < -0.3 is 14.9 Å². The fourth-order valence-electron chi connectivity index (χ4n) is 2.38. The Kier molecular flexibility index (Phi) is 6.60. The first-order valence-electron chi connectivity index (χ1n) is 6.79. The van der Waals surface area contributed by atoms with Crippen LogP contribution in [0.1, 0.15) is 33.1 Å². The maximum Gasteiger partial charge on any atom is 0.308 e. The van der Waals surface area contributed by atoms with Crippen molar-refractivity contribution in [2.75, 3.05) is 26.3 Å². The topological polar surface area (TPSA) is 70.0 Å². The van der Waals surface area contributed by atoms with Gasteiger partial charge in [0.1, 0.15) is 0 Å². The van der Waals surface area contributed by atoms with Crippen molar-refractivity contribution in [1.29, 1.82) is 0 Å². The smallest absolute Gasteiger partial charge is 0.308 e. The van der Waals surface area contributed by atoms with Crippen LogP contribution in [-0.4, -0.2) is 59.5 Å². The van der Waals surface area contributed by atoms with Gasteiger partial charge in [0.25, 0.3) is 0 Å². The lowest BCUT2D eigenvalue weighted by Crippen LogP contribution is -2.39. The molecule has 0 aromatic carbocycles. The summed E-state index contributed by atoms with van der Waals surface area (Å²) in [6.45, 7) is 6.26. The van der Waals surface area contributed by atoms with Crippen molar-refractivity contribution in [3.63, 3.8) is 0 Å². The highest BCUT2D eigenvalue weighted by Crippen LogP contribution is 2.24. The van der Waals surface area contributed by atoms with E-state index in [0.717, 1.165) is 19.4 Å². The van der Waals surface area contributed by atoms with E-state index in [4.69, 9.17) is 9.84 Å². The van der Waals surface area contributed by atoms with Gasteiger partial charge in [-0.05, 0) is 26.3 Å². The monoisotopic (exact) mass is 259 g/mol. The van der Waals surface area contributed by atoms with E-state index in [9.17, 15) is 9.90 Å². The summed E-state index contributed by atoms with van der Waals surface area (Å²) in [5.41, 5.74) is 0. The molecule has 5 heteroatoms. The summed E-state index contributed by atoms with van der Waals surface area (Å²) in [7, 11) is 0. The maximum absolute atomic E-state index is 11.0. The first-order valence-corrected chi connectivity index (χ1v) is 6.79. The van der Waals surface area contributed by atoms with E-state index >= 15 is 0 Å². The Labute approximate surface area is 109 Å². The summed E-state index contributed by atoms with van der Waals surface area (Å²) < 4.78 is 5.36. The third-order valence-corrected chi connectivity index (χ3v) is 3.60. The molecule has 2 N–H and O–H groups in total. The number of aliphatic hydroxyl groups excluding tert-OH is 1. The Morgan fingerprint density at radius 3 is 2.83 bits per heavy atom. The normalized spacial score (nSPS) is 26.4. The zero-order chi connectivity index (χ0) is 13.5. The maximum atomic E-state index is 11.0. The molecule has 1 aliphatic heterocycles. The second-order valence-corrected chi connectivity index (χ2v) is 5.05. The van der Waals surface area contributed by atoms with Crippen LogP contribution in [0.15, 0.2) is 0 Å². The number of carboxylic acid groups (broad SMARTS) is 1. The minimum absolute atomic E-state index is 0.00667. The second-order valence-electron chi connectivity index (χ2n) is 5.05. The van der Waals surface area contributed by atoms with Gasteiger partial charge in [0.2, 0.25) is 0 Å². The molecule has 18 heavy (non-hydrogen) atoms. The fourth-order valence-corrected chi connectivity index (χ4v) is 2.38. The molecule has 0 spiro atoms. The highest BCUT2D eigenvalue weighted by molar-refractivity contribution is 5.71. The van der Waals surface area contributed by atoms with Crippen LogP contribution < -0.4 is 0 Å². The molecule has 0 saturated carbocycles. The summed E-state index contributed by atoms with van der Waals surface area (Å²) in [4.78, 5) is 13.0. The minimum Gasteiger partial charge on any atom is -0.481 e. The number of hydrogen-bond donors (Lipinski definition) is 2. The van der Waals surface area contributed by atoms with E-state index in [1.54, 1.807) is 0 Å². The summed E-state index contributed by atoms with van der Waals surface area (Å²) in [6, 6.07) is -0.00667. The van der Waals surface area contributed by atoms with E-state index < -0.39 is 12.1 Å². The molecule has 0 amide bonds. The summed E-state index contributed by atoms with van der Waals surface area (Å²) in [5, 5.41) is 18.9. The van der Waals surface area contributed by atoms with Gasteiger partial charge in [-0.2, -0.15) is 0 Å². The van der Waals surface area contributed by atoms with Crippen LogP contribution in [0.5, 0.6) is 0 Å². The molecule has 106 valence electrons. The van der Waals surface area contributed by atoms with Crippen molar-refractivity contribution in [1.82, 2.24) is 4.90 Å². The standard InChI is InChI=1S/C13H25NO4/c1-3-4-7-18-9-11(15)8-14-6-5-12(10(14)2)13(16)17/h10-12,15H,3-9H2,1-2H3,(H,16,17). The summed E-state index contributed by atoms with van der Waals surface area (Å²) in [6.07, 6.45) is 2.23. The Morgan fingerprint density at radius 1 is 1.56 bits per heavy atom. The molecule has 1 fully saturated rings. The molecule has 1 saturated heterocycles. The van der Waals surface area contributed by atoms with Crippen LogP contribution in [0.4, 0.5) is 0 Å². The van der Waals surface area contributed by atoms with Gasteiger partial charge in [-0.1, -0.05) is 13.3 Å². The molecule has 3 atom stereocenters. The van der Waals surface area contributed by atoms with Crippen molar-refractivity contribution in [3.05, 3.63) is 0 Å². The van der Waals surface area contributed by atoms with E-state index in [1.807, 2.05) is 11.8 Å². The van der Waals surface area contributed by atoms with Crippen molar-refractivity contribution < 1.29 is 19.7 Å². The lowest BCUT2D eigenvalue weighted by Gasteiger charge is -2.25. The van der Waals surface area contributed by atoms with Crippen LogP contribution in [0.2, 0.25) is 0 Å². The molecule has 1 rings (SSSR count). The van der Waals surface area contributed by atoms with Gasteiger partial charge in [0, 0.05) is 19.2 Å². The molecule has 1 aliphatic rings. The third-order valence-electron chi connectivity index (χ3n) is 3.60. The molecular weight excluding hydrogens is 234 g/mol. The average molecular weight is 259 g/mol. The lowest BCUT2D eigenvalue weighted by molar-refractivity contribution is -0.142. The minimum atomic E-state index is -0.737. The van der Waals surface area contributed by atoms with E-state index in [-0.39, 0.29) is 12.0 Å². The van der Waals surface area contributed by atoms with Gasteiger partial charge >= 0.3 is 5.97 Å². The zero-order valence-corrected chi connectivity index (χ0v) is 11.3. The molecule has 0 aromatic heterocycles. The van der Waals surface area contributed by atoms with Gasteiger partial charge in [-0.15, -0.1) is 0 Å². The predicted octanol–water partition coefficient (Wildman–Crippen LogP) is 0.959. The third kappa shape index (κ3) is 4.55. The number of carboxylic acids is 1. The fraction of sp³-hybridized carbons (Fsp3) is 0.923. The number of unbranched alkanes of at least 4 members (excludes halogenated alkanes) is 1. The van der Waals surface area contributed by atoms with Crippen molar-refractivity contribution in [2.24, 2.45) is 5.92 Å². The summed E-state index contributed by atoms with van der Waals surface area (Å²) in [5.74, 6) is -1.04. The zero-order valence-electron chi connectivity index (χ0n) is 11.3. The van der Waals surface area contributed by atoms with Crippen LogP contribution in [0, 0.1) is 5.92 Å². The Bertz CT molecular complexity index is 259. The highest BCUT2D eigenvalue weighted by atomic mass is 16.5. The SMILES string of the molecule is CCCCOCC(O)CN1CCC(C(=O)O)C1C. The number of β-amino-alcohol motifs (C(OH)–C–C–N with tert-alkyl or cyclic N) is 1. The van der Waals surface area contributed by atoms with Gasteiger partial charge in [-0.25, -0.2) is 0 Å². The Hall–Kier alpha value is -0.650. The van der Waals surface area contributed by atoms with E-state index in [1.165, 1.54) is 0 Å². The Balaban J connectivity index is 2.24. The number of aliphatic hydroxyl groups is 1. The van der Waals surface area contributed by atoms with Crippen LogP contribution in [0.3, 0.4) is 0 Å². The average Bonchev–Trinajstić information content (AvgIpc) is 2.67. The second kappa shape index (κ2) is 7.71. The number of likely N-dealkylation sites (tertiary alicyclic amines) is 1. The number of ether oxygens (including phenoxy) is 1. The van der Waals surface area contributed by atoms with Gasteiger partial charge in [0.05, 0.1) is 18.6 Å². The van der Waals surface area contributed by atoms with E-state index in [0.29, 0.717) is 26.2 Å². The number of nitrogens with zero attached hydrogens (tertiary/aromatic N) is 1. The lowest BCUT2D eigenvalue weighted by atomic mass is 10.0. The molecule has 1 heterocycles. The molecule has 0 radical (unpaired) electrons. The number of hydrogen-bond acceptors (Lipinski definition) is 4. The first-order chi connectivity index (χ1) is 8.56. The van der Waals surface area contributed by atoms with Crippen LogP contribution >= 0.6 is 0 Å². The predicted molar refractivity (Wildman–Crippen MR) is 68.5 cm³/mol. The van der Waals surface area contributed by atoms with Gasteiger partial charge in [0.15, 0.2) is 0 Å². The number of aliphatic carboxylic acids is 1. The highest BCUT2D eigenvalue weighted by Gasteiger charge is 2.36. The molecule has 3 unspecified atom stereocenters. The van der Waals surface area contributed by atoms with Crippen LogP contribution in [0.25, 0.3) is 0 Å². The van der Waals surface area contributed by atoms with Crippen LogP contribution in [-0.2, 0) is 9.53 Å². The largest absolute Gasteiger partial charge is 0.481 e.